The maximum Gasteiger partial charge on any atom is 0.253 e. The number of likely N-dealkylation sites (tertiary alicyclic amines) is 1. The molecule has 0 aliphatic carbocycles. The molecule has 2 atom stereocenters. The van der Waals surface area contributed by atoms with Gasteiger partial charge in [0.05, 0.1) is 12.6 Å². The number of aromatic amines is 1. The SMILES string of the molecule is CCc1ccc2[nH]c(=O)c([C@H](c3nnnn3C[C@H]3CCCO3)N3CCCCCC3)cc2c1. The van der Waals surface area contributed by atoms with Crippen LogP contribution in [0.15, 0.2) is 29.1 Å². The number of tetrazole rings is 1. The van der Waals surface area contributed by atoms with E-state index < -0.39 is 0 Å². The quantitative estimate of drug-likeness (QED) is 0.638. The van der Waals surface area contributed by atoms with Gasteiger partial charge < -0.3 is 9.72 Å². The van der Waals surface area contributed by atoms with Gasteiger partial charge in [-0.25, -0.2) is 4.68 Å². The molecule has 0 spiro atoms. The van der Waals surface area contributed by atoms with Crippen LogP contribution in [0.5, 0.6) is 0 Å². The van der Waals surface area contributed by atoms with Gasteiger partial charge in [-0.05, 0) is 84.8 Å². The molecule has 170 valence electrons. The zero-order valence-corrected chi connectivity index (χ0v) is 18.8. The lowest BCUT2D eigenvalue weighted by atomic mass is 10.0. The van der Waals surface area contributed by atoms with Crippen molar-refractivity contribution in [2.45, 2.75) is 70.6 Å². The smallest absolute Gasteiger partial charge is 0.253 e. The summed E-state index contributed by atoms with van der Waals surface area (Å²) in [5, 5.41) is 13.8. The zero-order valence-electron chi connectivity index (χ0n) is 18.8. The highest BCUT2D eigenvalue weighted by atomic mass is 16.5. The first-order valence-corrected chi connectivity index (χ1v) is 12.0. The van der Waals surface area contributed by atoms with E-state index in [4.69, 9.17) is 4.74 Å². The molecule has 2 fully saturated rings. The largest absolute Gasteiger partial charge is 0.376 e. The summed E-state index contributed by atoms with van der Waals surface area (Å²) in [5.74, 6) is 0.735. The van der Waals surface area contributed by atoms with Crippen LogP contribution in [-0.2, 0) is 17.7 Å². The maximum absolute atomic E-state index is 13.3. The van der Waals surface area contributed by atoms with Crippen molar-refractivity contribution in [3.8, 4) is 0 Å². The van der Waals surface area contributed by atoms with Crippen LogP contribution in [-0.4, -0.2) is 55.9 Å². The average molecular weight is 437 g/mol. The summed E-state index contributed by atoms with van der Waals surface area (Å²) in [5.41, 5.74) is 2.77. The molecule has 1 aromatic carbocycles. The van der Waals surface area contributed by atoms with Crippen molar-refractivity contribution in [1.29, 1.82) is 0 Å². The Morgan fingerprint density at radius 2 is 2.00 bits per heavy atom. The Hall–Kier alpha value is -2.58. The normalized spacial score (nSPS) is 21.1. The minimum atomic E-state index is -0.275. The molecule has 0 amide bonds. The Bertz CT molecular complexity index is 1110. The van der Waals surface area contributed by atoms with Crippen molar-refractivity contribution in [3.63, 3.8) is 0 Å². The summed E-state index contributed by atoms with van der Waals surface area (Å²) in [7, 11) is 0. The van der Waals surface area contributed by atoms with Crippen molar-refractivity contribution in [2.24, 2.45) is 0 Å². The lowest BCUT2D eigenvalue weighted by Crippen LogP contribution is -2.36. The van der Waals surface area contributed by atoms with Gasteiger partial charge in [-0.1, -0.05) is 25.8 Å². The third-order valence-electron chi connectivity index (χ3n) is 6.85. The molecule has 2 saturated heterocycles. The molecule has 5 rings (SSSR count). The topological polar surface area (TPSA) is 88.9 Å². The predicted molar refractivity (Wildman–Crippen MR) is 123 cm³/mol. The van der Waals surface area contributed by atoms with Gasteiger partial charge in [0.25, 0.3) is 5.56 Å². The second-order valence-corrected chi connectivity index (χ2v) is 9.04. The highest BCUT2D eigenvalue weighted by molar-refractivity contribution is 5.80. The van der Waals surface area contributed by atoms with Crippen molar-refractivity contribution >= 4 is 10.9 Å². The van der Waals surface area contributed by atoms with E-state index in [1.165, 1.54) is 18.4 Å². The summed E-state index contributed by atoms with van der Waals surface area (Å²) in [6.45, 7) is 5.43. The van der Waals surface area contributed by atoms with Crippen LogP contribution in [0.2, 0.25) is 0 Å². The van der Waals surface area contributed by atoms with E-state index in [1.807, 2.05) is 16.8 Å². The molecule has 2 aromatic heterocycles. The third kappa shape index (κ3) is 4.34. The molecule has 1 N–H and O–H groups in total. The Morgan fingerprint density at radius 1 is 1.16 bits per heavy atom. The first-order chi connectivity index (χ1) is 15.7. The summed E-state index contributed by atoms with van der Waals surface area (Å²) >= 11 is 0. The molecule has 4 heterocycles. The molecule has 2 aliphatic rings. The third-order valence-corrected chi connectivity index (χ3v) is 6.85. The second kappa shape index (κ2) is 9.50. The lowest BCUT2D eigenvalue weighted by molar-refractivity contribution is 0.0909. The van der Waals surface area contributed by atoms with Crippen LogP contribution in [0.1, 0.15) is 68.4 Å². The Morgan fingerprint density at radius 3 is 2.75 bits per heavy atom. The number of pyridine rings is 1. The number of fused-ring (bicyclic) bond motifs is 1. The van der Waals surface area contributed by atoms with Crippen LogP contribution in [0.25, 0.3) is 10.9 Å². The van der Waals surface area contributed by atoms with Crippen molar-refractivity contribution in [2.75, 3.05) is 19.7 Å². The number of rotatable bonds is 6. The van der Waals surface area contributed by atoms with Gasteiger partial charge in [0.2, 0.25) is 0 Å². The molecular formula is C24H32N6O2. The van der Waals surface area contributed by atoms with Gasteiger partial charge in [0.1, 0.15) is 6.04 Å². The Labute approximate surface area is 188 Å². The van der Waals surface area contributed by atoms with E-state index in [-0.39, 0.29) is 17.7 Å². The predicted octanol–water partition coefficient (Wildman–Crippen LogP) is 3.22. The monoisotopic (exact) mass is 436 g/mol. The highest BCUT2D eigenvalue weighted by Crippen LogP contribution is 2.30. The molecule has 8 heteroatoms. The highest BCUT2D eigenvalue weighted by Gasteiger charge is 2.31. The summed E-state index contributed by atoms with van der Waals surface area (Å²) in [4.78, 5) is 18.8. The number of hydrogen-bond acceptors (Lipinski definition) is 6. The molecule has 8 nitrogen and oxygen atoms in total. The van der Waals surface area contributed by atoms with E-state index in [0.717, 1.165) is 74.1 Å². The van der Waals surface area contributed by atoms with Crippen LogP contribution in [0, 0.1) is 0 Å². The van der Waals surface area contributed by atoms with Crippen LogP contribution in [0.3, 0.4) is 0 Å². The van der Waals surface area contributed by atoms with Crippen molar-refractivity contribution in [1.82, 2.24) is 30.1 Å². The molecule has 0 bridgehead atoms. The molecule has 32 heavy (non-hydrogen) atoms. The van der Waals surface area contributed by atoms with Crippen LogP contribution >= 0.6 is 0 Å². The van der Waals surface area contributed by atoms with Gasteiger partial charge in [-0.2, -0.15) is 0 Å². The number of ether oxygens (including phenoxy) is 1. The molecule has 2 aliphatic heterocycles. The summed E-state index contributed by atoms with van der Waals surface area (Å²) in [6, 6.07) is 8.02. The fraction of sp³-hybridized carbons (Fsp3) is 0.583. The maximum atomic E-state index is 13.3. The van der Waals surface area contributed by atoms with E-state index in [9.17, 15) is 4.79 Å². The van der Waals surface area contributed by atoms with Crippen molar-refractivity contribution < 1.29 is 4.74 Å². The standard InChI is InChI=1S/C24H32N6O2/c1-2-17-9-10-21-18(14-17)15-20(24(31)25-21)22(29-11-5-3-4-6-12-29)23-26-27-28-30(23)16-19-8-7-13-32-19/h9-10,14-15,19,22H,2-8,11-13,16H2,1H3,(H,25,31)/t19-,22-/m1/s1. The second-order valence-electron chi connectivity index (χ2n) is 9.04. The van der Waals surface area contributed by atoms with E-state index in [2.05, 4.69) is 44.5 Å². The molecule has 0 saturated carbocycles. The fourth-order valence-electron chi connectivity index (χ4n) is 5.07. The zero-order chi connectivity index (χ0) is 21.9. The Balaban J connectivity index is 1.60. The van der Waals surface area contributed by atoms with E-state index in [0.29, 0.717) is 6.54 Å². The number of nitrogens with one attached hydrogen (secondary N) is 1. The van der Waals surface area contributed by atoms with Gasteiger partial charge >= 0.3 is 0 Å². The first kappa shape index (κ1) is 21.3. The van der Waals surface area contributed by atoms with Gasteiger partial charge in [-0.15, -0.1) is 5.10 Å². The van der Waals surface area contributed by atoms with Gasteiger partial charge in [-0.3, -0.25) is 9.69 Å². The average Bonchev–Trinajstić information content (AvgIpc) is 3.41. The minimum Gasteiger partial charge on any atom is -0.376 e. The van der Waals surface area contributed by atoms with E-state index >= 15 is 0 Å². The fourth-order valence-corrected chi connectivity index (χ4v) is 5.07. The van der Waals surface area contributed by atoms with Crippen molar-refractivity contribution in [3.05, 3.63) is 51.6 Å². The number of hydrogen-bond donors (Lipinski definition) is 1. The lowest BCUT2D eigenvalue weighted by Gasteiger charge is -2.30. The molecule has 0 unspecified atom stereocenters. The van der Waals surface area contributed by atoms with Gasteiger partial charge in [0.15, 0.2) is 5.82 Å². The van der Waals surface area contributed by atoms with E-state index in [1.54, 1.807) is 0 Å². The van der Waals surface area contributed by atoms with Crippen LogP contribution in [0.4, 0.5) is 0 Å². The first-order valence-electron chi connectivity index (χ1n) is 12.0. The van der Waals surface area contributed by atoms with Gasteiger partial charge in [0, 0.05) is 17.7 Å². The Kier molecular flexibility index (Phi) is 6.32. The number of aromatic nitrogens is 5. The number of H-pyrrole nitrogens is 1. The molecule has 3 aromatic rings. The number of nitrogens with zero attached hydrogens (tertiary/aromatic N) is 5. The summed E-state index contributed by atoms with van der Waals surface area (Å²) in [6.07, 6.45) is 7.86. The number of aryl methyl sites for hydroxylation is 1. The molecular weight excluding hydrogens is 404 g/mol. The summed E-state index contributed by atoms with van der Waals surface area (Å²) < 4.78 is 7.70. The molecule has 0 radical (unpaired) electrons. The minimum absolute atomic E-state index is 0.0670. The van der Waals surface area contributed by atoms with Crippen LogP contribution < -0.4 is 5.56 Å². The number of benzene rings is 1.